The smallest absolute Gasteiger partial charge is 0.260 e. The van der Waals surface area contributed by atoms with Crippen LogP contribution in [-0.4, -0.2) is 67.0 Å². The van der Waals surface area contributed by atoms with Crippen LogP contribution in [0.4, 0.5) is 15.2 Å². The number of amides is 3. The molecule has 0 spiro atoms. The van der Waals surface area contributed by atoms with Crippen LogP contribution >= 0.6 is 23.7 Å². The Bertz CT molecular complexity index is 1250. The van der Waals surface area contributed by atoms with Gasteiger partial charge in [0.05, 0.1) is 29.1 Å². The molecule has 0 aliphatic carbocycles. The molecule has 5 rings (SSSR count). The number of halogens is 2. The second kappa shape index (κ2) is 11.4. The molecular formula is C25H26ClFN4O4S. The van der Waals surface area contributed by atoms with E-state index in [1.54, 1.807) is 35.2 Å². The summed E-state index contributed by atoms with van der Waals surface area (Å²) in [6, 6.07) is 10.9. The summed E-state index contributed by atoms with van der Waals surface area (Å²) in [5.41, 5.74) is 1.52. The van der Waals surface area contributed by atoms with E-state index < -0.39 is 0 Å². The predicted octanol–water partition coefficient (Wildman–Crippen LogP) is 3.88. The maximum absolute atomic E-state index is 13.7. The summed E-state index contributed by atoms with van der Waals surface area (Å²) in [7, 11) is 0. The van der Waals surface area contributed by atoms with Crippen molar-refractivity contribution in [2.75, 3.05) is 49.2 Å². The average molecular weight is 533 g/mol. The molecule has 2 aromatic carbocycles. The molecule has 0 bridgehead atoms. The number of fused-ring (bicyclic) bond motifs is 1. The van der Waals surface area contributed by atoms with Gasteiger partial charge in [-0.3, -0.25) is 29.1 Å². The highest BCUT2D eigenvalue weighted by Gasteiger charge is 2.30. The van der Waals surface area contributed by atoms with E-state index in [9.17, 15) is 18.8 Å². The lowest BCUT2D eigenvalue weighted by molar-refractivity contribution is -0.121. The molecule has 3 aromatic rings. The fourth-order valence-corrected chi connectivity index (χ4v) is 5.35. The van der Waals surface area contributed by atoms with E-state index in [1.165, 1.54) is 23.5 Å². The van der Waals surface area contributed by atoms with Gasteiger partial charge in [-0.2, -0.15) is 0 Å². The summed E-state index contributed by atoms with van der Waals surface area (Å²) in [6.07, 6.45) is 1.15. The number of anilines is 2. The van der Waals surface area contributed by atoms with Gasteiger partial charge in [-0.25, -0.2) is 9.37 Å². The Morgan fingerprint density at radius 2 is 1.75 bits per heavy atom. The second-order valence-corrected chi connectivity index (χ2v) is 9.55. The van der Waals surface area contributed by atoms with E-state index in [-0.39, 0.29) is 48.8 Å². The van der Waals surface area contributed by atoms with E-state index in [1.807, 2.05) is 0 Å². The number of thiazole rings is 1. The van der Waals surface area contributed by atoms with Gasteiger partial charge in [-0.1, -0.05) is 11.3 Å². The zero-order valence-corrected chi connectivity index (χ0v) is 21.2. The van der Waals surface area contributed by atoms with Crippen LogP contribution in [0.5, 0.6) is 0 Å². The molecule has 0 radical (unpaired) electrons. The van der Waals surface area contributed by atoms with Crippen LogP contribution in [0.1, 0.15) is 29.6 Å². The molecule has 3 amide bonds. The molecule has 0 unspecified atom stereocenters. The number of benzene rings is 2. The molecule has 0 atom stereocenters. The van der Waals surface area contributed by atoms with Gasteiger partial charge >= 0.3 is 0 Å². The molecule has 36 heavy (non-hydrogen) atoms. The highest BCUT2D eigenvalue weighted by atomic mass is 35.5. The first-order valence-corrected chi connectivity index (χ1v) is 12.5. The van der Waals surface area contributed by atoms with Gasteiger partial charge in [0.2, 0.25) is 11.8 Å². The average Bonchev–Trinajstić information content (AvgIpc) is 3.44. The van der Waals surface area contributed by atoms with E-state index in [0.29, 0.717) is 46.4 Å². The monoisotopic (exact) mass is 532 g/mol. The molecular weight excluding hydrogens is 507 g/mol. The number of hydrogen-bond acceptors (Lipinski definition) is 7. The molecule has 2 saturated heterocycles. The number of rotatable bonds is 7. The lowest BCUT2D eigenvalue weighted by atomic mass is 10.1. The summed E-state index contributed by atoms with van der Waals surface area (Å²) >= 11 is 1.28. The SMILES string of the molecule is Cl.O=C(c1ccc(N2C(=O)CCC2=O)cc1)N(CCCN1CCOCC1)c1nc2ccc(F)cc2s1. The van der Waals surface area contributed by atoms with Gasteiger partial charge in [0.15, 0.2) is 5.13 Å². The Morgan fingerprint density at radius 3 is 2.44 bits per heavy atom. The number of morpholine rings is 1. The number of aromatic nitrogens is 1. The van der Waals surface area contributed by atoms with Crippen LogP contribution in [0.15, 0.2) is 42.5 Å². The summed E-state index contributed by atoms with van der Waals surface area (Å²) in [4.78, 5) is 47.3. The van der Waals surface area contributed by atoms with Gasteiger partial charge in [-0.15, -0.1) is 12.4 Å². The first-order chi connectivity index (χ1) is 17.0. The Labute approximate surface area is 218 Å². The number of carbonyl (C=O) groups is 3. The first kappa shape index (κ1) is 26.2. The van der Waals surface area contributed by atoms with Gasteiger partial charge in [0.25, 0.3) is 5.91 Å². The third kappa shape index (κ3) is 5.57. The Kier molecular flexibility index (Phi) is 8.30. The van der Waals surface area contributed by atoms with Crippen molar-refractivity contribution >= 4 is 62.5 Å². The second-order valence-electron chi connectivity index (χ2n) is 8.54. The zero-order chi connectivity index (χ0) is 24.4. The quantitative estimate of drug-likeness (QED) is 0.429. The maximum Gasteiger partial charge on any atom is 0.260 e. The minimum absolute atomic E-state index is 0. The van der Waals surface area contributed by atoms with Crippen molar-refractivity contribution < 1.29 is 23.5 Å². The standard InChI is InChI=1S/C25H25FN4O4S.ClH/c26-18-4-7-20-21(16-18)35-25(27-20)29(11-1-10-28-12-14-34-15-13-28)24(33)17-2-5-19(6-3-17)30-22(31)8-9-23(30)32;/h2-7,16H,1,8-15H2;1H. The molecule has 3 heterocycles. The van der Waals surface area contributed by atoms with Gasteiger partial charge in [0.1, 0.15) is 5.82 Å². The Morgan fingerprint density at radius 1 is 1.06 bits per heavy atom. The zero-order valence-electron chi connectivity index (χ0n) is 19.5. The fourth-order valence-electron chi connectivity index (χ4n) is 4.34. The number of hydrogen-bond donors (Lipinski definition) is 0. The highest BCUT2D eigenvalue weighted by Crippen LogP contribution is 2.31. The van der Waals surface area contributed by atoms with Gasteiger partial charge in [-0.05, 0) is 48.9 Å². The van der Waals surface area contributed by atoms with Crippen LogP contribution in [0, 0.1) is 5.82 Å². The minimum Gasteiger partial charge on any atom is -0.379 e. The summed E-state index contributed by atoms with van der Waals surface area (Å²) in [5.74, 6) is -1.06. The van der Waals surface area contributed by atoms with Crippen LogP contribution in [-0.2, 0) is 14.3 Å². The van der Waals surface area contributed by atoms with Crippen LogP contribution in [0.2, 0.25) is 0 Å². The number of imide groups is 1. The fraction of sp³-hybridized carbons (Fsp3) is 0.360. The molecule has 2 aliphatic rings. The summed E-state index contributed by atoms with van der Waals surface area (Å²) in [5, 5.41) is 0.506. The van der Waals surface area contributed by atoms with Gasteiger partial charge < -0.3 is 4.74 Å². The largest absolute Gasteiger partial charge is 0.379 e. The van der Waals surface area contributed by atoms with E-state index in [4.69, 9.17) is 4.74 Å². The molecule has 0 N–H and O–H groups in total. The Balaban J connectivity index is 0.00000304. The lowest BCUT2D eigenvalue weighted by Crippen LogP contribution is -2.39. The third-order valence-electron chi connectivity index (χ3n) is 6.20. The number of carbonyl (C=O) groups excluding carboxylic acids is 3. The first-order valence-electron chi connectivity index (χ1n) is 11.6. The topological polar surface area (TPSA) is 83.1 Å². The van der Waals surface area contributed by atoms with Crippen molar-refractivity contribution in [1.29, 1.82) is 0 Å². The molecule has 11 heteroatoms. The summed E-state index contributed by atoms with van der Waals surface area (Å²) < 4.78 is 19.8. The molecule has 8 nitrogen and oxygen atoms in total. The van der Waals surface area contributed by atoms with Gasteiger partial charge in [0, 0.05) is 44.6 Å². The van der Waals surface area contributed by atoms with Crippen molar-refractivity contribution in [3.63, 3.8) is 0 Å². The van der Waals surface area contributed by atoms with Crippen molar-refractivity contribution in [3.05, 3.63) is 53.8 Å². The van der Waals surface area contributed by atoms with Crippen LogP contribution < -0.4 is 9.80 Å². The third-order valence-corrected chi connectivity index (χ3v) is 7.24. The molecule has 2 aliphatic heterocycles. The lowest BCUT2D eigenvalue weighted by Gasteiger charge is -2.27. The van der Waals surface area contributed by atoms with E-state index >= 15 is 0 Å². The Hall–Kier alpha value is -2.92. The van der Waals surface area contributed by atoms with E-state index in [2.05, 4.69) is 9.88 Å². The number of nitrogens with zero attached hydrogens (tertiary/aromatic N) is 4. The van der Waals surface area contributed by atoms with Crippen molar-refractivity contribution in [1.82, 2.24) is 9.88 Å². The van der Waals surface area contributed by atoms with Crippen LogP contribution in [0.3, 0.4) is 0 Å². The molecule has 1 aromatic heterocycles. The molecule has 2 fully saturated rings. The minimum atomic E-state index is -0.348. The van der Waals surface area contributed by atoms with Crippen molar-refractivity contribution in [2.24, 2.45) is 0 Å². The van der Waals surface area contributed by atoms with Crippen molar-refractivity contribution in [2.45, 2.75) is 19.3 Å². The predicted molar refractivity (Wildman–Crippen MR) is 139 cm³/mol. The van der Waals surface area contributed by atoms with Crippen molar-refractivity contribution in [3.8, 4) is 0 Å². The molecule has 0 saturated carbocycles. The highest BCUT2D eigenvalue weighted by molar-refractivity contribution is 7.22. The molecule has 190 valence electrons. The maximum atomic E-state index is 13.7. The van der Waals surface area contributed by atoms with E-state index in [0.717, 1.165) is 31.0 Å². The summed E-state index contributed by atoms with van der Waals surface area (Å²) in [6.45, 7) is 4.42. The number of ether oxygens (including phenoxy) is 1. The normalized spacial score (nSPS) is 16.4. The van der Waals surface area contributed by atoms with Crippen LogP contribution in [0.25, 0.3) is 10.2 Å².